The Morgan fingerprint density at radius 1 is 1.24 bits per heavy atom. The number of ether oxygens (including phenoxy) is 2. The van der Waals surface area contributed by atoms with Crippen LogP contribution in [0.1, 0.15) is 6.92 Å². The summed E-state index contributed by atoms with van der Waals surface area (Å²) in [4.78, 5) is 34.4. The van der Waals surface area contributed by atoms with Crippen LogP contribution in [-0.4, -0.2) is 48.5 Å². The van der Waals surface area contributed by atoms with Crippen molar-refractivity contribution in [3.05, 3.63) is 0 Å². The van der Waals surface area contributed by atoms with E-state index >= 15 is 0 Å². The molecular weight excluding hydrogens is 250 g/mol. The number of aliphatic carboxylic acids is 1. The zero-order valence-corrected chi connectivity index (χ0v) is 10.6. The number of nitrogens with two attached hydrogens (primary N) is 1. The van der Waals surface area contributed by atoms with Crippen molar-refractivity contribution < 1.29 is 29.0 Å². The molecule has 0 unspecified atom stereocenters. The standard InChI is InChI=1S/C9H15NO6S/c1-8(6(13)15-2,7(14)16-3)9(10,4-17)5(11)12/h17H,4,10H2,1-3H3,(H,11,12)/t9-/m0/s1. The van der Waals surface area contributed by atoms with Crippen LogP contribution >= 0.6 is 12.6 Å². The van der Waals surface area contributed by atoms with Crippen LogP contribution in [-0.2, 0) is 23.9 Å². The predicted octanol–water partition coefficient (Wildman–Crippen LogP) is -0.949. The molecular formula is C9H15NO6S. The number of thiol groups is 1. The quantitative estimate of drug-likeness (QED) is 0.333. The lowest BCUT2D eigenvalue weighted by atomic mass is 9.72. The summed E-state index contributed by atoms with van der Waals surface area (Å²) in [5.74, 6) is -4.18. The van der Waals surface area contributed by atoms with Gasteiger partial charge in [-0.2, -0.15) is 12.6 Å². The van der Waals surface area contributed by atoms with E-state index in [1.165, 1.54) is 0 Å². The summed E-state index contributed by atoms with van der Waals surface area (Å²) in [6.45, 7) is 1.05. The van der Waals surface area contributed by atoms with Crippen molar-refractivity contribution in [3.63, 3.8) is 0 Å². The summed E-state index contributed by atoms with van der Waals surface area (Å²) in [5.41, 5.74) is 1.19. The molecule has 0 aromatic rings. The first-order chi connectivity index (χ1) is 7.72. The Bertz CT molecular complexity index is 328. The summed E-state index contributed by atoms with van der Waals surface area (Å²) in [6, 6.07) is 0. The second kappa shape index (κ2) is 5.37. The SMILES string of the molecule is COC(=O)C(C)(C(=O)OC)[C@](N)(CS)C(=O)O. The minimum atomic E-state index is -2.23. The summed E-state index contributed by atoms with van der Waals surface area (Å²) in [5, 5.41) is 9.07. The van der Waals surface area contributed by atoms with E-state index in [0.717, 1.165) is 21.1 Å². The van der Waals surface area contributed by atoms with Crippen molar-refractivity contribution in [3.8, 4) is 0 Å². The monoisotopic (exact) mass is 265 g/mol. The molecule has 3 N–H and O–H groups in total. The lowest BCUT2D eigenvalue weighted by Crippen LogP contribution is -2.68. The van der Waals surface area contributed by atoms with E-state index in [0.29, 0.717) is 0 Å². The molecule has 0 fully saturated rings. The maximum absolute atomic E-state index is 11.6. The van der Waals surface area contributed by atoms with Gasteiger partial charge in [0.2, 0.25) is 0 Å². The Hall–Kier alpha value is -1.28. The number of carboxylic acids is 1. The molecule has 0 spiro atoms. The van der Waals surface area contributed by atoms with Gasteiger partial charge in [-0.1, -0.05) is 0 Å². The van der Waals surface area contributed by atoms with Crippen LogP contribution in [0.3, 0.4) is 0 Å². The predicted molar refractivity (Wildman–Crippen MR) is 60.5 cm³/mol. The largest absolute Gasteiger partial charge is 0.480 e. The van der Waals surface area contributed by atoms with Crippen LogP contribution in [0.4, 0.5) is 0 Å². The van der Waals surface area contributed by atoms with Gasteiger partial charge in [-0.05, 0) is 6.92 Å². The Morgan fingerprint density at radius 2 is 1.59 bits per heavy atom. The Morgan fingerprint density at radius 3 is 1.76 bits per heavy atom. The zero-order chi connectivity index (χ0) is 13.9. The molecule has 0 aliphatic heterocycles. The highest BCUT2D eigenvalue weighted by Gasteiger charge is 2.62. The third-order valence-corrected chi connectivity index (χ3v) is 3.21. The maximum atomic E-state index is 11.6. The van der Waals surface area contributed by atoms with Gasteiger partial charge in [0.15, 0.2) is 5.41 Å². The van der Waals surface area contributed by atoms with Crippen LogP contribution < -0.4 is 5.73 Å². The van der Waals surface area contributed by atoms with Gasteiger partial charge in [0.1, 0.15) is 5.54 Å². The molecule has 0 saturated carbocycles. The number of hydrogen-bond donors (Lipinski definition) is 3. The highest BCUT2D eigenvalue weighted by Crippen LogP contribution is 2.33. The minimum absolute atomic E-state index is 0.441. The molecule has 1 atom stereocenters. The molecule has 0 amide bonds. The summed E-state index contributed by atoms with van der Waals surface area (Å²) in [7, 11) is 2.04. The number of carboxylic acid groups (broad SMARTS) is 1. The molecule has 0 radical (unpaired) electrons. The van der Waals surface area contributed by atoms with E-state index in [1.807, 2.05) is 0 Å². The fraction of sp³-hybridized carbons (Fsp3) is 0.667. The van der Waals surface area contributed by atoms with Gasteiger partial charge in [0.05, 0.1) is 14.2 Å². The highest BCUT2D eigenvalue weighted by atomic mass is 32.1. The van der Waals surface area contributed by atoms with Gasteiger partial charge in [-0.3, -0.25) is 14.4 Å². The molecule has 0 rings (SSSR count). The summed E-state index contributed by atoms with van der Waals surface area (Å²) < 4.78 is 8.84. The van der Waals surface area contributed by atoms with Crippen LogP contribution in [0.25, 0.3) is 0 Å². The third kappa shape index (κ3) is 2.22. The number of esters is 2. The summed E-state index contributed by atoms with van der Waals surface area (Å²) in [6.07, 6.45) is 0. The molecule has 7 nitrogen and oxygen atoms in total. The Balaban J connectivity index is 5.85. The number of carbonyl (C=O) groups excluding carboxylic acids is 2. The number of carbonyl (C=O) groups is 3. The van der Waals surface area contributed by atoms with Gasteiger partial charge in [-0.15, -0.1) is 0 Å². The van der Waals surface area contributed by atoms with E-state index < -0.39 is 34.6 Å². The average molecular weight is 265 g/mol. The molecule has 98 valence electrons. The number of hydrogen-bond acceptors (Lipinski definition) is 7. The van der Waals surface area contributed by atoms with Gasteiger partial charge in [-0.25, -0.2) is 0 Å². The van der Waals surface area contributed by atoms with Crippen LogP contribution in [0.5, 0.6) is 0 Å². The van der Waals surface area contributed by atoms with Crippen molar-refractivity contribution in [1.29, 1.82) is 0 Å². The lowest BCUT2D eigenvalue weighted by molar-refractivity contribution is -0.178. The smallest absolute Gasteiger partial charge is 0.326 e. The molecule has 0 bridgehead atoms. The van der Waals surface area contributed by atoms with Crippen molar-refractivity contribution in [1.82, 2.24) is 0 Å². The van der Waals surface area contributed by atoms with E-state index in [9.17, 15) is 14.4 Å². The Labute approximate surface area is 104 Å². The number of methoxy groups -OCH3 is 2. The lowest BCUT2D eigenvalue weighted by Gasteiger charge is -2.37. The summed E-state index contributed by atoms with van der Waals surface area (Å²) >= 11 is 3.78. The fourth-order valence-corrected chi connectivity index (χ4v) is 1.75. The van der Waals surface area contributed by atoms with Gasteiger partial charge in [0.25, 0.3) is 0 Å². The number of rotatable bonds is 5. The van der Waals surface area contributed by atoms with Gasteiger partial charge >= 0.3 is 17.9 Å². The van der Waals surface area contributed by atoms with Crippen molar-refractivity contribution in [2.75, 3.05) is 20.0 Å². The van der Waals surface area contributed by atoms with Crippen molar-refractivity contribution in [2.45, 2.75) is 12.5 Å². The second-order valence-corrected chi connectivity index (χ2v) is 3.86. The van der Waals surface area contributed by atoms with Crippen LogP contribution in [0.2, 0.25) is 0 Å². The minimum Gasteiger partial charge on any atom is -0.480 e. The first-order valence-electron chi connectivity index (χ1n) is 4.52. The fourth-order valence-electron chi connectivity index (χ4n) is 1.30. The van der Waals surface area contributed by atoms with Crippen LogP contribution in [0.15, 0.2) is 0 Å². The molecule has 17 heavy (non-hydrogen) atoms. The van der Waals surface area contributed by atoms with E-state index in [1.54, 1.807) is 0 Å². The molecule has 0 aromatic heterocycles. The molecule has 0 aliphatic carbocycles. The third-order valence-electron chi connectivity index (χ3n) is 2.71. The average Bonchev–Trinajstić information content (AvgIpc) is 2.33. The molecule has 0 aliphatic rings. The van der Waals surface area contributed by atoms with E-state index in [-0.39, 0.29) is 0 Å². The normalized spacial score (nSPS) is 14.6. The molecule has 0 heterocycles. The van der Waals surface area contributed by atoms with E-state index in [2.05, 4.69) is 22.1 Å². The van der Waals surface area contributed by atoms with E-state index in [4.69, 9.17) is 10.8 Å². The van der Waals surface area contributed by atoms with Crippen LogP contribution in [0, 0.1) is 5.41 Å². The molecule has 0 aromatic carbocycles. The highest BCUT2D eigenvalue weighted by molar-refractivity contribution is 7.80. The molecule has 0 saturated heterocycles. The topological polar surface area (TPSA) is 116 Å². The van der Waals surface area contributed by atoms with Gasteiger partial charge < -0.3 is 20.3 Å². The first kappa shape index (κ1) is 15.7. The van der Waals surface area contributed by atoms with Gasteiger partial charge in [0, 0.05) is 5.75 Å². The maximum Gasteiger partial charge on any atom is 0.326 e. The zero-order valence-electron chi connectivity index (χ0n) is 9.72. The molecule has 8 heteroatoms. The van der Waals surface area contributed by atoms with Crippen molar-refractivity contribution in [2.24, 2.45) is 11.1 Å². The first-order valence-corrected chi connectivity index (χ1v) is 5.15. The van der Waals surface area contributed by atoms with Crippen molar-refractivity contribution >= 4 is 30.5 Å². The Kier molecular flexibility index (Phi) is 4.96. The second-order valence-electron chi connectivity index (χ2n) is 3.54.